The summed E-state index contributed by atoms with van der Waals surface area (Å²) >= 11 is 0. The summed E-state index contributed by atoms with van der Waals surface area (Å²) in [5.74, 6) is 0.601. The maximum atomic E-state index is 12.2. The minimum absolute atomic E-state index is 0.152. The van der Waals surface area contributed by atoms with Crippen LogP contribution in [0.2, 0.25) is 0 Å². The fourth-order valence-electron chi connectivity index (χ4n) is 1.78. The lowest BCUT2D eigenvalue weighted by Crippen LogP contribution is -2.11. The number of methoxy groups -OCH3 is 1. The largest absolute Gasteiger partial charge is 0.497 e. The Balaban J connectivity index is 2.02. The van der Waals surface area contributed by atoms with E-state index in [-0.39, 0.29) is 5.91 Å². The van der Waals surface area contributed by atoms with E-state index in [0.717, 1.165) is 17.0 Å². The quantitative estimate of drug-likeness (QED) is 0.682. The fraction of sp³-hybridized carbons (Fsp3) is 0.176. The van der Waals surface area contributed by atoms with Gasteiger partial charge < -0.3 is 15.1 Å². The lowest BCUT2D eigenvalue weighted by molar-refractivity contribution is 0.102. The van der Waals surface area contributed by atoms with E-state index in [0.29, 0.717) is 5.56 Å². The van der Waals surface area contributed by atoms with E-state index in [1.807, 2.05) is 26.2 Å². The molecule has 0 fully saturated rings. The van der Waals surface area contributed by atoms with Crippen LogP contribution in [0.5, 0.6) is 5.75 Å². The van der Waals surface area contributed by atoms with E-state index in [4.69, 9.17) is 4.74 Å². The Kier molecular flexibility index (Phi) is 5.14. The van der Waals surface area contributed by atoms with Gasteiger partial charge in [0.1, 0.15) is 5.75 Å². The molecule has 2 rings (SSSR count). The monoisotopic (exact) mass is 297 g/mol. The highest BCUT2D eigenvalue weighted by molar-refractivity contribution is 6.04. The molecule has 0 heterocycles. The standard InChI is InChI=1S/C17H19N3O2/c1-20(2)18-12-13-4-6-14(7-5-13)17(21)19-15-8-10-16(22-3)11-9-15/h4-12H,1-3H3,(H,19,21). The summed E-state index contributed by atoms with van der Waals surface area (Å²) in [4.78, 5) is 12.2. The van der Waals surface area contributed by atoms with Crippen LogP contribution in [0.3, 0.4) is 0 Å². The first-order chi connectivity index (χ1) is 10.6. The van der Waals surface area contributed by atoms with Crippen LogP contribution < -0.4 is 10.1 Å². The van der Waals surface area contributed by atoms with Gasteiger partial charge in [0.25, 0.3) is 5.91 Å². The van der Waals surface area contributed by atoms with Gasteiger partial charge in [-0.25, -0.2) is 0 Å². The zero-order chi connectivity index (χ0) is 15.9. The molecule has 0 saturated heterocycles. The first kappa shape index (κ1) is 15.6. The van der Waals surface area contributed by atoms with E-state index in [1.165, 1.54) is 0 Å². The Morgan fingerprint density at radius 1 is 1.09 bits per heavy atom. The van der Waals surface area contributed by atoms with Gasteiger partial charge >= 0.3 is 0 Å². The summed E-state index contributed by atoms with van der Waals surface area (Å²) < 4.78 is 5.08. The van der Waals surface area contributed by atoms with Crippen LogP contribution in [0, 0.1) is 0 Å². The van der Waals surface area contributed by atoms with E-state index >= 15 is 0 Å². The van der Waals surface area contributed by atoms with Crippen LogP contribution >= 0.6 is 0 Å². The van der Waals surface area contributed by atoms with E-state index in [1.54, 1.807) is 54.7 Å². The molecule has 0 radical (unpaired) electrons. The van der Waals surface area contributed by atoms with Gasteiger partial charge in [0, 0.05) is 25.3 Å². The van der Waals surface area contributed by atoms with Crippen molar-refractivity contribution in [3.8, 4) is 5.75 Å². The Morgan fingerprint density at radius 3 is 2.27 bits per heavy atom. The van der Waals surface area contributed by atoms with Crippen LogP contribution in [0.15, 0.2) is 53.6 Å². The summed E-state index contributed by atoms with van der Waals surface area (Å²) in [5, 5.41) is 8.70. The highest BCUT2D eigenvalue weighted by atomic mass is 16.5. The number of anilines is 1. The summed E-state index contributed by atoms with van der Waals surface area (Å²) in [5.41, 5.74) is 2.26. The molecule has 0 aliphatic carbocycles. The van der Waals surface area contributed by atoms with Crippen molar-refractivity contribution in [2.75, 3.05) is 26.5 Å². The van der Waals surface area contributed by atoms with Crippen molar-refractivity contribution < 1.29 is 9.53 Å². The Labute approximate surface area is 130 Å². The highest BCUT2D eigenvalue weighted by Crippen LogP contribution is 2.16. The number of hydrogen-bond acceptors (Lipinski definition) is 4. The van der Waals surface area contributed by atoms with Gasteiger partial charge in [-0.15, -0.1) is 0 Å². The first-order valence-electron chi connectivity index (χ1n) is 6.85. The zero-order valence-corrected chi connectivity index (χ0v) is 12.9. The molecule has 0 spiro atoms. The van der Waals surface area contributed by atoms with Gasteiger partial charge in [-0.05, 0) is 42.0 Å². The molecule has 2 aromatic carbocycles. The van der Waals surface area contributed by atoms with Crippen LogP contribution in [0.25, 0.3) is 0 Å². The van der Waals surface area contributed by atoms with Crippen molar-refractivity contribution >= 4 is 17.8 Å². The lowest BCUT2D eigenvalue weighted by Gasteiger charge is -2.07. The third-order valence-electron chi connectivity index (χ3n) is 2.96. The molecule has 5 heteroatoms. The molecule has 0 aliphatic heterocycles. The second kappa shape index (κ2) is 7.26. The number of benzene rings is 2. The summed E-state index contributed by atoms with van der Waals surface area (Å²) in [6.07, 6.45) is 1.74. The maximum Gasteiger partial charge on any atom is 0.255 e. The molecule has 0 bridgehead atoms. The molecule has 114 valence electrons. The van der Waals surface area contributed by atoms with Crippen molar-refractivity contribution in [1.29, 1.82) is 0 Å². The minimum atomic E-state index is -0.152. The van der Waals surface area contributed by atoms with Crippen molar-refractivity contribution in [2.45, 2.75) is 0 Å². The van der Waals surface area contributed by atoms with Crippen LogP contribution in [-0.4, -0.2) is 38.3 Å². The molecule has 0 aliphatic rings. The summed E-state index contributed by atoms with van der Waals surface area (Å²) in [7, 11) is 5.31. The molecular weight excluding hydrogens is 278 g/mol. The number of amides is 1. The normalized spacial score (nSPS) is 10.5. The maximum absolute atomic E-state index is 12.2. The third-order valence-corrected chi connectivity index (χ3v) is 2.96. The van der Waals surface area contributed by atoms with Crippen molar-refractivity contribution in [2.24, 2.45) is 5.10 Å². The number of nitrogens with one attached hydrogen (secondary N) is 1. The molecular formula is C17H19N3O2. The van der Waals surface area contributed by atoms with Gasteiger partial charge in [-0.1, -0.05) is 12.1 Å². The van der Waals surface area contributed by atoms with Crippen molar-refractivity contribution in [1.82, 2.24) is 5.01 Å². The smallest absolute Gasteiger partial charge is 0.255 e. The number of carbonyl (C=O) groups excluding carboxylic acids is 1. The van der Waals surface area contributed by atoms with E-state index in [9.17, 15) is 4.79 Å². The average molecular weight is 297 g/mol. The number of rotatable bonds is 5. The zero-order valence-electron chi connectivity index (χ0n) is 12.9. The molecule has 1 N–H and O–H groups in total. The Morgan fingerprint density at radius 2 is 1.73 bits per heavy atom. The van der Waals surface area contributed by atoms with Crippen molar-refractivity contribution in [3.63, 3.8) is 0 Å². The van der Waals surface area contributed by atoms with E-state index in [2.05, 4.69) is 10.4 Å². The average Bonchev–Trinajstić information content (AvgIpc) is 2.54. The molecule has 1 amide bonds. The van der Waals surface area contributed by atoms with Crippen molar-refractivity contribution in [3.05, 3.63) is 59.7 Å². The molecule has 5 nitrogen and oxygen atoms in total. The fourth-order valence-corrected chi connectivity index (χ4v) is 1.78. The van der Waals surface area contributed by atoms with Gasteiger partial charge in [-0.3, -0.25) is 4.79 Å². The third kappa shape index (κ3) is 4.34. The highest BCUT2D eigenvalue weighted by Gasteiger charge is 2.05. The minimum Gasteiger partial charge on any atom is -0.497 e. The van der Waals surface area contributed by atoms with Crippen LogP contribution in [0.1, 0.15) is 15.9 Å². The van der Waals surface area contributed by atoms with Gasteiger partial charge in [0.05, 0.1) is 13.3 Å². The number of nitrogens with zero attached hydrogens (tertiary/aromatic N) is 2. The number of hydrazone groups is 1. The topological polar surface area (TPSA) is 53.9 Å². The summed E-state index contributed by atoms with van der Waals surface area (Å²) in [6.45, 7) is 0. The molecule has 0 atom stereocenters. The second-order valence-corrected chi connectivity index (χ2v) is 4.90. The summed E-state index contributed by atoms with van der Waals surface area (Å²) in [6, 6.07) is 14.5. The van der Waals surface area contributed by atoms with E-state index < -0.39 is 0 Å². The Bertz CT molecular complexity index is 647. The predicted molar refractivity (Wildman–Crippen MR) is 88.7 cm³/mol. The van der Waals surface area contributed by atoms with Gasteiger partial charge in [0.2, 0.25) is 0 Å². The molecule has 2 aromatic rings. The number of hydrogen-bond donors (Lipinski definition) is 1. The molecule has 22 heavy (non-hydrogen) atoms. The van der Waals surface area contributed by atoms with Crippen LogP contribution in [-0.2, 0) is 0 Å². The number of carbonyl (C=O) groups is 1. The first-order valence-corrected chi connectivity index (χ1v) is 6.85. The predicted octanol–water partition coefficient (Wildman–Crippen LogP) is 2.84. The Hall–Kier alpha value is -2.82. The van der Waals surface area contributed by atoms with Crippen LogP contribution in [0.4, 0.5) is 5.69 Å². The molecule has 0 unspecified atom stereocenters. The number of ether oxygens (including phenoxy) is 1. The van der Waals surface area contributed by atoms with Gasteiger partial charge in [0.15, 0.2) is 0 Å². The second-order valence-electron chi connectivity index (χ2n) is 4.90. The molecule has 0 aromatic heterocycles. The SMILES string of the molecule is COc1ccc(NC(=O)c2ccc(C=NN(C)C)cc2)cc1. The molecule has 0 saturated carbocycles. The van der Waals surface area contributed by atoms with Gasteiger partial charge in [-0.2, -0.15) is 5.10 Å². The lowest BCUT2D eigenvalue weighted by atomic mass is 10.1.